The van der Waals surface area contributed by atoms with Gasteiger partial charge in [-0.1, -0.05) is 35.5 Å². The second-order valence-corrected chi connectivity index (χ2v) is 8.75. The van der Waals surface area contributed by atoms with Crippen molar-refractivity contribution >= 4 is 22.3 Å². The SMILES string of the molecule is O=C(OCc1nc(COc2ccc(F)cc2)no1)c1cc(-c2ccccc2)c(N2CCOCC2)s1. The number of rotatable bonds is 8. The van der Waals surface area contributed by atoms with Crippen LogP contribution in [-0.2, 0) is 22.7 Å². The fourth-order valence-corrected chi connectivity index (χ4v) is 4.72. The molecule has 0 amide bonds. The fraction of sp³-hybridized carbons (Fsp3) is 0.240. The summed E-state index contributed by atoms with van der Waals surface area (Å²) in [4.78, 5) is 19.7. The molecule has 8 nitrogen and oxygen atoms in total. The number of thiophene rings is 1. The van der Waals surface area contributed by atoms with E-state index in [0.717, 1.165) is 29.2 Å². The summed E-state index contributed by atoms with van der Waals surface area (Å²) in [6.07, 6.45) is 0. The van der Waals surface area contributed by atoms with Crippen LogP contribution in [0.1, 0.15) is 21.4 Å². The van der Waals surface area contributed by atoms with Gasteiger partial charge in [-0.2, -0.15) is 4.98 Å². The molecule has 0 atom stereocenters. The fourth-order valence-electron chi connectivity index (χ4n) is 3.59. The number of anilines is 1. The molecule has 0 N–H and O–H groups in total. The number of esters is 1. The molecule has 180 valence electrons. The van der Waals surface area contributed by atoms with Gasteiger partial charge in [0.1, 0.15) is 16.4 Å². The Labute approximate surface area is 204 Å². The molecular formula is C25H22FN3O5S. The molecule has 1 aliphatic rings. The van der Waals surface area contributed by atoms with Crippen LogP contribution < -0.4 is 9.64 Å². The van der Waals surface area contributed by atoms with Gasteiger partial charge in [0.05, 0.1) is 18.2 Å². The molecule has 1 aliphatic heterocycles. The zero-order chi connectivity index (χ0) is 24.0. The van der Waals surface area contributed by atoms with E-state index in [9.17, 15) is 9.18 Å². The number of benzene rings is 2. The molecule has 3 heterocycles. The van der Waals surface area contributed by atoms with Crippen LogP contribution in [0.3, 0.4) is 0 Å². The molecule has 0 saturated carbocycles. The Morgan fingerprint density at radius 1 is 1.06 bits per heavy atom. The number of nitrogens with zero attached hydrogens (tertiary/aromatic N) is 3. The Morgan fingerprint density at radius 2 is 1.83 bits per heavy atom. The van der Waals surface area contributed by atoms with Crippen molar-refractivity contribution in [2.75, 3.05) is 31.2 Å². The maximum atomic E-state index is 13.0. The Balaban J connectivity index is 1.23. The minimum atomic E-state index is -0.464. The van der Waals surface area contributed by atoms with Gasteiger partial charge in [-0.3, -0.25) is 0 Å². The molecule has 10 heteroatoms. The van der Waals surface area contributed by atoms with Crippen molar-refractivity contribution in [2.24, 2.45) is 0 Å². The van der Waals surface area contributed by atoms with E-state index >= 15 is 0 Å². The highest BCUT2D eigenvalue weighted by Crippen LogP contribution is 2.39. The number of hydrogen-bond acceptors (Lipinski definition) is 9. The maximum Gasteiger partial charge on any atom is 0.348 e. The summed E-state index contributed by atoms with van der Waals surface area (Å²) < 4.78 is 34.6. The van der Waals surface area contributed by atoms with Gasteiger partial charge in [-0.25, -0.2) is 9.18 Å². The Bertz CT molecular complexity index is 1270. The van der Waals surface area contributed by atoms with Gasteiger partial charge in [0.15, 0.2) is 13.2 Å². The molecule has 2 aromatic heterocycles. The van der Waals surface area contributed by atoms with Crippen LogP contribution in [0.15, 0.2) is 65.2 Å². The zero-order valence-electron chi connectivity index (χ0n) is 18.7. The van der Waals surface area contributed by atoms with E-state index in [4.69, 9.17) is 18.7 Å². The van der Waals surface area contributed by atoms with E-state index in [1.54, 1.807) is 0 Å². The smallest absolute Gasteiger partial charge is 0.348 e. The minimum absolute atomic E-state index is 0.0390. The highest BCUT2D eigenvalue weighted by Gasteiger charge is 2.23. The van der Waals surface area contributed by atoms with E-state index in [-0.39, 0.29) is 30.7 Å². The molecule has 0 unspecified atom stereocenters. The van der Waals surface area contributed by atoms with E-state index in [1.807, 2.05) is 36.4 Å². The van der Waals surface area contributed by atoms with Crippen LogP contribution in [0.25, 0.3) is 11.1 Å². The first-order chi connectivity index (χ1) is 17.2. The number of carbonyl (C=O) groups is 1. The molecule has 5 rings (SSSR count). The second kappa shape index (κ2) is 10.7. The van der Waals surface area contributed by atoms with Crippen LogP contribution in [0.2, 0.25) is 0 Å². The third-order valence-corrected chi connectivity index (χ3v) is 6.49. The summed E-state index contributed by atoms with van der Waals surface area (Å²) in [6.45, 7) is 2.71. The number of halogens is 1. The maximum absolute atomic E-state index is 13.0. The molecule has 0 radical (unpaired) electrons. The zero-order valence-corrected chi connectivity index (χ0v) is 19.5. The average molecular weight is 496 g/mol. The van der Waals surface area contributed by atoms with Crippen LogP contribution in [-0.4, -0.2) is 42.4 Å². The Hall–Kier alpha value is -3.76. The highest BCUT2D eigenvalue weighted by atomic mass is 32.1. The molecule has 4 aromatic rings. The van der Waals surface area contributed by atoms with Crippen molar-refractivity contribution in [2.45, 2.75) is 13.2 Å². The predicted octanol–water partition coefficient (Wildman–Crippen LogP) is 4.71. The summed E-state index contributed by atoms with van der Waals surface area (Å²) >= 11 is 1.40. The quantitative estimate of drug-likeness (QED) is 0.325. The van der Waals surface area contributed by atoms with Crippen molar-refractivity contribution in [1.29, 1.82) is 0 Å². The Morgan fingerprint density at radius 3 is 2.60 bits per heavy atom. The molecule has 2 aromatic carbocycles. The predicted molar refractivity (Wildman–Crippen MR) is 127 cm³/mol. The lowest BCUT2D eigenvalue weighted by Gasteiger charge is -2.28. The number of morpholine rings is 1. The van der Waals surface area contributed by atoms with Crippen molar-refractivity contribution in [3.8, 4) is 16.9 Å². The first-order valence-electron chi connectivity index (χ1n) is 11.0. The van der Waals surface area contributed by atoms with Crippen molar-refractivity contribution in [3.05, 3.63) is 83.1 Å². The summed E-state index contributed by atoms with van der Waals surface area (Å²) in [6, 6.07) is 17.4. The molecule has 1 fully saturated rings. The third-order valence-electron chi connectivity index (χ3n) is 5.32. The number of hydrogen-bond donors (Lipinski definition) is 0. The van der Waals surface area contributed by atoms with Gasteiger partial charge in [-0.05, 0) is 35.9 Å². The van der Waals surface area contributed by atoms with Gasteiger partial charge >= 0.3 is 5.97 Å². The lowest BCUT2D eigenvalue weighted by atomic mass is 10.1. The van der Waals surface area contributed by atoms with Gasteiger partial charge in [0, 0.05) is 18.7 Å². The van der Waals surface area contributed by atoms with Crippen LogP contribution in [0.5, 0.6) is 5.75 Å². The van der Waals surface area contributed by atoms with Crippen molar-refractivity contribution in [3.63, 3.8) is 0 Å². The highest BCUT2D eigenvalue weighted by molar-refractivity contribution is 7.18. The van der Waals surface area contributed by atoms with Crippen LogP contribution in [0.4, 0.5) is 9.39 Å². The van der Waals surface area contributed by atoms with Gasteiger partial charge in [-0.15, -0.1) is 11.3 Å². The molecule has 35 heavy (non-hydrogen) atoms. The number of ether oxygens (including phenoxy) is 3. The lowest BCUT2D eigenvalue weighted by Crippen LogP contribution is -2.35. The van der Waals surface area contributed by atoms with Gasteiger partial charge < -0.3 is 23.6 Å². The molecule has 0 bridgehead atoms. The average Bonchev–Trinajstić information content (AvgIpc) is 3.56. The Kier molecular flexibility index (Phi) is 7.01. The van der Waals surface area contributed by atoms with E-state index in [0.29, 0.717) is 23.8 Å². The molecule has 0 aliphatic carbocycles. The first-order valence-corrected chi connectivity index (χ1v) is 11.9. The standard InChI is InChI=1S/C25H22FN3O5S/c26-18-6-8-19(9-7-18)32-15-22-27-23(34-28-22)16-33-25(30)21-14-20(17-4-2-1-3-5-17)24(35-21)29-10-12-31-13-11-29/h1-9,14H,10-13,15-16H2. The van der Waals surface area contributed by atoms with E-state index in [1.165, 1.54) is 35.6 Å². The largest absolute Gasteiger partial charge is 0.485 e. The molecule has 1 saturated heterocycles. The summed E-state index contributed by atoms with van der Waals surface area (Å²) in [5.41, 5.74) is 2.02. The van der Waals surface area contributed by atoms with Crippen LogP contribution in [0, 0.1) is 5.82 Å². The number of carbonyl (C=O) groups excluding carboxylic acids is 1. The normalized spacial score (nSPS) is 13.6. The summed E-state index contributed by atoms with van der Waals surface area (Å²) in [5, 5.41) is 4.84. The molecule has 0 spiro atoms. The second-order valence-electron chi connectivity index (χ2n) is 7.72. The first kappa shape index (κ1) is 23.0. The third kappa shape index (κ3) is 5.67. The summed E-state index contributed by atoms with van der Waals surface area (Å²) in [7, 11) is 0. The minimum Gasteiger partial charge on any atom is -0.485 e. The monoisotopic (exact) mass is 495 g/mol. The van der Waals surface area contributed by atoms with Crippen molar-refractivity contribution < 1.29 is 27.9 Å². The van der Waals surface area contributed by atoms with Crippen molar-refractivity contribution in [1.82, 2.24) is 10.1 Å². The van der Waals surface area contributed by atoms with Crippen LogP contribution >= 0.6 is 11.3 Å². The van der Waals surface area contributed by atoms with E-state index in [2.05, 4.69) is 15.0 Å². The van der Waals surface area contributed by atoms with Gasteiger partial charge in [0.25, 0.3) is 5.89 Å². The van der Waals surface area contributed by atoms with Gasteiger partial charge in [0.2, 0.25) is 5.82 Å². The lowest BCUT2D eigenvalue weighted by molar-refractivity contribution is 0.0435. The van der Waals surface area contributed by atoms with E-state index < -0.39 is 5.97 Å². The number of aromatic nitrogens is 2. The topological polar surface area (TPSA) is 86.9 Å². The summed E-state index contributed by atoms with van der Waals surface area (Å²) in [5.74, 6) is 0.114. The molecular weight excluding hydrogens is 473 g/mol.